The number of pyridine rings is 1. The van der Waals surface area contributed by atoms with E-state index < -0.39 is 0 Å². The van der Waals surface area contributed by atoms with Crippen LogP contribution in [0.5, 0.6) is 0 Å². The number of halogens is 1. The van der Waals surface area contributed by atoms with Gasteiger partial charge in [-0.05, 0) is 36.8 Å². The average Bonchev–Trinajstić information content (AvgIpc) is 2.68. The molecule has 1 aliphatic carbocycles. The zero-order valence-corrected chi connectivity index (χ0v) is 10.3. The van der Waals surface area contributed by atoms with Gasteiger partial charge in [0.2, 0.25) is 5.95 Å². The summed E-state index contributed by atoms with van der Waals surface area (Å²) in [5, 5.41) is 0. The molecular weight excluding hydrogens is 215 g/mol. The first kappa shape index (κ1) is 11.0. The summed E-state index contributed by atoms with van der Waals surface area (Å²) in [5.74, 6) is 1.96. The van der Waals surface area contributed by atoms with Gasteiger partial charge in [0.15, 0.2) is 0 Å². The molecule has 1 aromatic rings. The molecule has 0 bridgehead atoms. The van der Waals surface area contributed by atoms with Crippen LogP contribution in [0.2, 0.25) is 0 Å². The Bertz CT molecular complexity index is 407. The van der Waals surface area contributed by atoms with Crippen LogP contribution >= 0.6 is 0 Å². The summed E-state index contributed by atoms with van der Waals surface area (Å²) in [5.41, 5.74) is 0. The molecule has 2 fully saturated rings. The molecule has 3 unspecified atom stereocenters. The van der Waals surface area contributed by atoms with Crippen LogP contribution in [0, 0.1) is 17.8 Å². The maximum Gasteiger partial charge on any atom is 0.214 e. The molecule has 2 heterocycles. The van der Waals surface area contributed by atoms with E-state index in [-0.39, 0.29) is 5.95 Å². The van der Waals surface area contributed by atoms with Crippen LogP contribution < -0.4 is 4.90 Å². The van der Waals surface area contributed by atoms with Crippen LogP contribution in [0.15, 0.2) is 18.2 Å². The van der Waals surface area contributed by atoms with Crippen molar-refractivity contribution >= 4 is 5.82 Å². The molecule has 1 aliphatic heterocycles. The summed E-state index contributed by atoms with van der Waals surface area (Å²) >= 11 is 0. The quantitative estimate of drug-likeness (QED) is 0.693. The number of anilines is 1. The Labute approximate surface area is 102 Å². The zero-order valence-electron chi connectivity index (χ0n) is 10.3. The molecular formula is C14H19FN2. The van der Waals surface area contributed by atoms with Gasteiger partial charge in [-0.3, -0.25) is 0 Å². The van der Waals surface area contributed by atoms with Crippen molar-refractivity contribution in [1.82, 2.24) is 4.98 Å². The number of fused-ring (bicyclic) bond motifs is 1. The third kappa shape index (κ3) is 1.92. The molecule has 3 rings (SSSR count). The molecule has 0 spiro atoms. The summed E-state index contributed by atoms with van der Waals surface area (Å²) in [6.07, 6.45) is 5.24. The second-order valence-electron chi connectivity index (χ2n) is 5.46. The second-order valence-corrected chi connectivity index (χ2v) is 5.46. The number of rotatable bonds is 1. The Morgan fingerprint density at radius 1 is 1.29 bits per heavy atom. The van der Waals surface area contributed by atoms with Crippen LogP contribution in [-0.4, -0.2) is 17.6 Å². The number of aromatic nitrogens is 1. The molecule has 2 nitrogen and oxygen atoms in total. The average molecular weight is 234 g/mol. The van der Waals surface area contributed by atoms with Gasteiger partial charge in [-0.15, -0.1) is 0 Å². The molecule has 0 aromatic carbocycles. The molecule has 92 valence electrons. The topological polar surface area (TPSA) is 16.1 Å². The fourth-order valence-corrected chi connectivity index (χ4v) is 3.59. The van der Waals surface area contributed by atoms with Gasteiger partial charge in [-0.1, -0.05) is 25.8 Å². The first-order valence-electron chi connectivity index (χ1n) is 6.65. The largest absolute Gasteiger partial charge is 0.353 e. The Balaban J connectivity index is 1.88. The van der Waals surface area contributed by atoms with Gasteiger partial charge in [-0.25, -0.2) is 4.98 Å². The molecule has 0 amide bonds. The molecule has 2 aliphatic rings. The summed E-state index contributed by atoms with van der Waals surface area (Å²) in [4.78, 5) is 6.37. The Hall–Kier alpha value is -1.12. The highest BCUT2D eigenvalue weighted by Crippen LogP contribution is 2.41. The third-order valence-corrected chi connectivity index (χ3v) is 4.39. The van der Waals surface area contributed by atoms with Crippen molar-refractivity contribution in [3.05, 3.63) is 24.1 Å². The third-order valence-electron chi connectivity index (χ3n) is 4.39. The lowest BCUT2D eigenvalue weighted by Gasteiger charge is -2.32. The van der Waals surface area contributed by atoms with Gasteiger partial charge in [0.25, 0.3) is 0 Å². The minimum Gasteiger partial charge on any atom is -0.353 e. The smallest absolute Gasteiger partial charge is 0.214 e. The minimum atomic E-state index is -0.366. The molecule has 1 saturated carbocycles. The van der Waals surface area contributed by atoms with Gasteiger partial charge in [0.1, 0.15) is 5.82 Å². The molecule has 3 heteroatoms. The van der Waals surface area contributed by atoms with Gasteiger partial charge in [-0.2, -0.15) is 4.39 Å². The van der Waals surface area contributed by atoms with Gasteiger partial charge >= 0.3 is 0 Å². The summed E-state index contributed by atoms with van der Waals surface area (Å²) in [6.45, 7) is 3.36. The Morgan fingerprint density at radius 2 is 2.12 bits per heavy atom. The number of hydrogen-bond acceptors (Lipinski definition) is 2. The Morgan fingerprint density at radius 3 is 2.94 bits per heavy atom. The predicted octanol–water partition coefficient (Wildman–Crippen LogP) is 3.24. The lowest BCUT2D eigenvalue weighted by Crippen LogP contribution is -2.35. The summed E-state index contributed by atoms with van der Waals surface area (Å²) < 4.78 is 13.2. The maximum absolute atomic E-state index is 13.2. The second kappa shape index (κ2) is 4.28. The van der Waals surface area contributed by atoms with Gasteiger partial charge < -0.3 is 4.90 Å². The highest BCUT2D eigenvalue weighted by Gasteiger charge is 2.40. The maximum atomic E-state index is 13.2. The van der Waals surface area contributed by atoms with Crippen LogP contribution in [0.3, 0.4) is 0 Å². The van der Waals surface area contributed by atoms with Crippen LogP contribution in [0.4, 0.5) is 10.2 Å². The van der Waals surface area contributed by atoms with Crippen molar-refractivity contribution in [1.29, 1.82) is 0 Å². The van der Waals surface area contributed by atoms with E-state index in [1.807, 2.05) is 6.07 Å². The van der Waals surface area contributed by atoms with E-state index in [4.69, 9.17) is 0 Å². The minimum absolute atomic E-state index is 0.366. The first-order valence-corrected chi connectivity index (χ1v) is 6.65. The SMILES string of the molecule is CC1CN(c2cccc(F)n2)C2CCCCC12. The lowest BCUT2D eigenvalue weighted by molar-refractivity contribution is 0.293. The highest BCUT2D eigenvalue weighted by molar-refractivity contribution is 5.41. The van der Waals surface area contributed by atoms with Crippen molar-refractivity contribution in [2.24, 2.45) is 11.8 Å². The normalized spacial score (nSPS) is 32.6. The molecule has 1 aromatic heterocycles. The van der Waals surface area contributed by atoms with Crippen molar-refractivity contribution in [2.75, 3.05) is 11.4 Å². The molecule has 17 heavy (non-hydrogen) atoms. The summed E-state index contributed by atoms with van der Waals surface area (Å²) in [6, 6.07) is 5.71. The van der Waals surface area contributed by atoms with Gasteiger partial charge in [0, 0.05) is 12.6 Å². The van der Waals surface area contributed by atoms with E-state index >= 15 is 0 Å². The van der Waals surface area contributed by atoms with Gasteiger partial charge in [0.05, 0.1) is 0 Å². The van der Waals surface area contributed by atoms with Crippen molar-refractivity contribution in [2.45, 2.75) is 38.6 Å². The molecule has 0 radical (unpaired) electrons. The lowest BCUT2D eigenvalue weighted by atomic mass is 9.80. The van der Waals surface area contributed by atoms with E-state index in [1.165, 1.54) is 31.7 Å². The van der Waals surface area contributed by atoms with E-state index in [9.17, 15) is 4.39 Å². The summed E-state index contributed by atoms with van der Waals surface area (Å²) in [7, 11) is 0. The number of hydrogen-bond donors (Lipinski definition) is 0. The number of nitrogens with zero attached hydrogens (tertiary/aromatic N) is 2. The fourth-order valence-electron chi connectivity index (χ4n) is 3.59. The van der Waals surface area contributed by atoms with Crippen LogP contribution in [-0.2, 0) is 0 Å². The zero-order chi connectivity index (χ0) is 11.8. The standard InChI is InChI=1S/C14H19FN2/c1-10-9-17(12-6-3-2-5-11(10)12)14-8-4-7-13(15)16-14/h4,7-8,10-12H,2-3,5-6,9H2,1H3. The van der Waals surface area contributed by atoms with E-state index in [0.29, 0.717) is 12.0 Å². The van der Waals surface area contributed by atoms with E-state index in [0.717, 1.165) is 18.3 Å². The fraction of sp³-hybridized carbons (Fsp3) is 0.643. The van der Waals surface area contributed by atoms with E-state index in [2.05, 4.69) is 16.8 Å². The van der Waals surface area contributed by atoms with Crippen molar-refractivity contribution in [3.8, 4) is 0 Å². The van der Waals surface area contributed by atoms with Crippen molar-refractivity contribution in [3.63, 3.8) is 0 Å². The first-order chi connectivity index (χ1) is 8.25. The predicted molar refractivity (Wildman–Crippen MR) is 66.5 cm³/mol. The van der Waals surface area contributed by atoms with Crippen molar-refractivity contribution < 1.29 is 4.39 Å². The highest BCUT2D eigenvalue weighted by atomic mass is 19.1. The van der Waals surface area contributed by atoms with Crippen LogP contribution in [0.25, 0.3) is 0 Å². The van der Waals surface area contributed by atoms with Crippen LogP contribution in [0.1, 0.15) is 32.6 Å². The molecule has 1 saturated heterocycles. The molecule has 0 N–H and O–H groups in total. The van der Waals surface area contributed by atoms with E-state index in [1.54, 1.807) is 6.07 Å². The molecule has 3 atom stereocenters. The monoisotopic (exact) mass is 234 g/mol. The Kier molecular flexibility index (Phi) is 2.77.